The lowest BCUT2D eigenvalue weighted by Crippen LogP contribution is -2.37. The van der Waals surface area contributed by atoms with Crippen LogP contribution in [0.25, 0.3) is 0 Å². The van der Waals surface area contributed by atoms with E-state index in [1.54, 1.807) is 7.11 Å². The molecule has 2 aromatic rings. The molecule has 0 spiro atoms. The summed E-state index contributed by atoms with van der Waals surface area (Å²) in [5.41, 5.74) is 4.30. The number of nitrogens with zero attached hydrogens (tertiary/aromatic N) is 2. The van der Waals surface area contributed by atoms with Gasteiger partial charge in [-0.05, 0) is 66.8 Å². The molecule has 3 heterocycles. The molecule has 1 unspecified atom stereocenters. The molecule has 2 fully saturated rings. The number of hydrogen-bond acceptors (Lipinski definition) is 5. The van der Waals surface area contributed by atoms with E-state index in [0.29, 0.717) is 12.0 Å². The molecular formula is C26H34N2O3. The van der Waals surface area contributed by atoms with Gasteiger partial charge in [-0.25, -0.2) is 0 Å². The maximum absolute atomic E-state index is 6.19. The van der Waals surface area contributed by atoms with Gasteiger partial charge in [0.2, 0.25) is 0 Å². The topological polar surface area (TPSA) is 34.2 Å². The van der Waals surface area contributed by atoms with E-state index in [2.05, 4.69) is 52.3 Å². The molecule has 5 heteroatoms. The molecular weight excluding hydrogens is 388 g/mol. The molecule has 0 aromatic heterocycles. The van der Waals surface area contributed by atoms with Crippen LogP contribution in [0.2, 0.25) is 0 Å². The van der Waals surface area contributed by atoms with Gasteiger partial charge in [0.15, 0.2) is 0 Å². The van der Waals surface area contributed by atoms with Crippen LogP contribution in [0.1, 0.15) is 47.9 Å². The number of rotatable bonds is 7. The van der Waals surface area contributed by atoms with Crippen molar-refractivity contribution in [1.82, 2.24) is 9.80 Å². The van der Waals surface area contributed by atoms with Crippen molar-refractivity contribution in [3.63, 3.8) is 0 Å². The minimum Gasteiger partial charge on any atom is -0.497 e. The highest BCUT2D eigenvalue weighted by molar-refractivity contribution is 5.47. The smallest absolute Gasteiger partial charge is 0.119 e. The molecule has 0 N–H and O–H groups in total. The zero-order valence-corrected chi connectivity index (χ0v) is 18.6. The van der Waals surface area contributed by atoms with Gasteiger partial charge in [-0.3, -0.25) is 9.80 Å². The highest BCUT2D eigenvalue weighted by atomic mass is 16.5. The van der Waals surface area contributed by atoms with Gasteiger partial charge in [-0.1, -0.05) is 18.2 Å². The van der Waals surface area contributed by atoms with Crippen LogP contribution in [-0.4, -0.2) is 69.5 Å². The normalized spacial score (nSPS) is 23.9. The number of fused-ring (bicyclic) bond motifs is 3. The first kappa shape index (κ1) is 20.8. The molecule has 2 aromatic carbocycles. The molecule has 5 rings (SSSR count). The van der Waals surface area contributed by atoms with Crippen LogP contribution in [0.4, 0.5) is 0 Å². The lowest BCUT2D eigenvalue weighted by atomic mass is 9.81. The summed E-state index contributed by atoms with van der Waals surface area (Å²) in [6.45, 7) is 7.96. The zero-order valence-electron chi connectivity index (χ0n) is 18.6. The number of methoxy groups -OCH3 is 1. The Hall–Kier alpha value is -2.08. The second kappa shape index (κ2) is 9.60. The van der Waals surface area contributed by atoms with Gasteiger partial charge >= 0.3 is 0 Å². The average Bonchev–Trinajstić information content (AvgIpc) is 3.31. The Kier molecular flexibility index (Phi) is 6.44. The van der Waals surface area contributed by atoms with Crippen molar-refractivity contribution in [3.05, 3.63) is 59.2 Å². The average molecular weight is 423 g/mol. The van der Waals surface area contributed by atoms with E-state index >= 15 is 0 Å². The molecule has 0 saturated carbocycles. The van der Waals surface area contributed by atoms with Crippen LogP contribution in [0, 0.1) is 0 Å². The molecule has 31 heavy (non-hydrogen) atoms. The van der Waals surface area contributed by atoms with Crippen molar-refractivity contribution in [2.75, 3.05) is 59.7 Å². The standard InChI is InChI=1S/C26H34N2O3/c1-29-21-7-5-20(6-8-21)25-19-28-12-2-4-26(28)24-18-22(9-10-23(24)25)31-15-3-11-27-13-16-30-17-14-27/h5-10,18,25-26H,2-4,11-17,19H2,1H3/t25-,26?/m0/s1. The first-order valence-corrected chi connectivity index (χ1v) is 11.8. The highest BCUT2D eigenvalue weighted by Gasteiger charge is 2.36. The Morgan fingerprint density at radius 1 is 0.968 bits per heavy atom. The minimum absolute atomic E-state index is 0.408. The third-order valence-corrected chi connectivity index (χ3v) is 7.08. The fourth-order valence-electron chi connectivity index (χ4n) is 5.40. The van der Waals surface area contributed by atoms with Crippen LogP contribution in [0.15, 0.2) is 42.5 Å². The van der Waals surface area contributed by atoms with E-state index < -0.39 is 0 Å². The zero-order chi connectivity index (χ0) is 21.0. The van der Waals surface area contributed by atoms with Crippen LogP contribution in [-0.2, 0) is 4.74 Å². The highest BCUT2D eigenvalue weighted by Crippen LogP contribution is 2.45. The fraction of sp³-hybridized carbons (Fsp3) is 0.538. The summed E-state index contributed by atoms with van der Waals surface area (Å²) in [6.07, 6.45) is 3.59. The summed E-state index contributed by atoms with van der Waals surface area (Å²) in [7, 11) is 1.72. The van der Waals surface area contributed by atoms with Crippen molar-refractivity contribution in [2.24, 2.45) is 0 Å². The van der Waals surface area contributed by atoms with E-state index in [4.69, 9.17) is 14.2 Å². The Labute approximate surface area is 185 Å². The van der Waals surface area contributed by atoms with Crippen LogP contribution < -0.4 is 9.47 Å². The summed E-state index contributed by atoms with van der Waals surface area (Å²) in [5.74, 6) is 2.34. The predicted molar refractivity (Wildman–Crippen MR) is 122 cm³/mol. The lowest BCUT2D eigenvalue weighted by Gasteiger charge is -2.37. The molecule has 0 radical (unpaired) electrons. The summed E-state index contributed by atoms with van der Waals surface area (Å²) < 4.78 is 17.0. The van der Waals surface area contributed by atoms with Crippen molar-refractivity contribution in [3.8, 4) is 11.5 Å². The Morgan fingerprint density at radius 2 is 1.77 bits per heavy atom. The van der Waals surface area contributed by atoms with Gasteiger partial charge in [0.25, 0.3) is 0 Å². The summed E-state index contributed by atoms with van der Waals surface area (Å²) >= 11 is 0. The van der Waals surface area contributed by atoms with Crippen molar-refractivity contribution in [1.29, 1.82) is 0 Å². The van der Waals surface area contributed by atoms with Gasteiger partial charge in [-0.15, -0.1) is 0 Å². The molecule has 2 saturated heterocycles. The van der Waals surface area contributed by atoms with E-state index in [0.717, 1.165) is 63.9 Å². The number of ether oxygens (including phenoxy) is 3. The third-order valence-electron chi connectivity index (χ3n) is 7.08. The molecule has 0 bridgehead atoms. The predicted octanol–water partition coefficient (Wildman–Crippen LogP) is 4.08. The van der Waals surface area contributed by atoms with E-state index in [1.165, 1.54) is 36.1 Å². The molecule has 5 nitrogen and oxygen atoms in total. The largest absolute Gasteiger partial charge is 0.497 e. The second-order valence-corrected chi connectivity index (χ2v) is 8.93. The van der Waals surface area contributed by atoms with Crippen LogP contribution >= 0.6 is 0 Å². The third kappa shape index (κ3) is 4.59. The first-order valence-electron chi connectivity index (χ1n) is 11.8. The molecule has 0 aliphatic carbocycles. The molecule has 3 aliphatic rings. The van der Waals surface area contributed by atoms with Crippen LogP contribution in [0.3, 0.4) is 0 Å². The SMILES string of the molecule is COc1ccc([C@@H]2CN3CCCC3c3cc(OCCCN4CCOCC4)ccc32)cc1. The van der Waals surface area contributed by atoms with Crippen LogP contribution in [0.5, 0.6) is 11.5 Å². The molecule has 166 valence electrons. The van der Waals surface area contributed by atoms with Gasteiger partial charge in [0.05, 0.1) is 26.9 Å². The lowest BCUT2D eigenvalue weighted by molar-refractivity contribution is 0.0358. The van der Waals surface area contributed by atoms with E-state index in [9.17, 15) is 0 Å². The van der Waals surface area contributed by atoms with E-state index in [-0.39, 0.29) is 0 Å². The number of benzene rings is 2. The summed E-state index contributed by atoms with van der Waals surface area (Å²) in [4.78, 5) is 5.13. The monoisotopic (exact) mass is 422 g/mol. The Morgan fingerprint density at radius 3 is 2.58 bits per heavy atom. The number of hydrogen-bond donors (Lipinski definition) is 0. The van der Waals surface area contributed by atoms with Crippen molar-refractivity contribution >= 4 is 0 Å². The summed E-state index contributed by atoms with van der Waals surface area (Å²) in [6, 6.07) is 16.0. The molecule has 2 atom stereocenters. The first-order chi connectivity index (χ1) is 15.3. The van der Waals surface area contributed by atoms with Gasteiger partial charge < -0.3 is 14.2 Å². The minimum atomic E-state index is 0.408. The summed E-state index contributed by atoms with van der Waals surface area (Å²) in [5, 5.41) is 0. The van der Waals surface area contributed by atoms with Gasteiger partial charge in [0.1, 0.15) is 11.5 Å². The fourth-order valence-corrected chi connectivity index (χ4v) is 5.40. The quantitative estimate of drug-likeness (QED) is 0.628. The van der Waals surface area contributed by atoms with Crippen molar-refractivity contribution < 1.29 is 14.2 Å². The van der Waals surface area contributed by atoms with Gasteiger partial charge in [0, 0.05) is 38.1 Å². The van der Waals surface area contributed by atoms with E-state index in [1.807, 2.05) is 0 Å². The van der Waals surface area contributed by atoms with Gasteiger partial charge in [-0.2, -0.15) is 0 Å². The maximum atomic E-state index is 6.19. The van der Waals surface area contributed by atoms with Crippen molar-refractivity contribution in [2.45, 2.75) is 31.2 Å². The molecule has 3 aliphatic heterocycles. The maximum Gasteiger partial charge on any atom is 0.119 e. The number of morpholine rings is 1. The molecule has 0 amide bonds. The Balaban J connectivity index is 1.29. The second-order valence-electron chi connectivity index (χ2n) is 8.93. The Bertz CT molecular complexity index is 863.